The summed E-state index contributed by atoms with van der Waals surface area (Å²) in [6.07, 6.45) is 0. The van der Waals surface area contributed by atoms with Crippen LogP contribution in [0.1, 0.15) is 61.1 Å². The number of hydrogen-bond acceptors (Lipinski definition) is 0. The van der Waals surface area contributed by atoms with Crippen LogP contribution in [0.25, 0.3) is 11.1 Å². The molecule has 34 heavy (non-hydrogen) atoms. The predicted octanol–water partition coefficient (Wildman–Crippen LogP) is 8.57. The monoisotopic (exact) mass is 438 g/mol. The Hall–Kier alpha value is -3.64. The van der Waals surface area contributed by atoms with Gasteiger partial charge in [-0.05, 0) is 55.7 Å². The minimum absolute atomic E-state index is 0.115. The van der Waals surface area contributed by atoms with Gasteiger partial charge in [-0.2, -0.15) is 0 Å². The molecule has 0 nitrogen and oxygen atoms in total. The Morgan fingerprint density at radius 3 is 1.09 bits per heavy atom. The van der Waals surface area contributed by atoms with Crippen LogP contribution >= 0.6 is 0 Å². The van der Waals surface area contributed by atoms with Crippen molar-refractivity contribution in [1.82, 2.24) is 0 Å². The van der Waals surface area contributed by atoms with Crippen LogP contribution in [0.3, 0.4) is 0 Å². The fraction of sp³-hybridized carbons (Fsp3) is 0.176. The molecule has 2 aliphatic carbocycles. The smallest absolute Gasteiger partial charge is 0.0162 e. The Balaban J connectivity index is 1.78. The minimum atomic E-state index is -0.115. The van der Waals surface area contributed by atoms with E-state index in [0.717, 1.165) is 0 Å². The molecule has 0 aromatic heterocycles. The van der Waals surface area contributed by atoms with Crippen LogP contribution < -0.4 is 0 Å². The van der Waals surface area contributed by atoms with E-state index in [0.29, 0.717) is 0 Å². The average molecular weight is 439 g/mol. The third kappa shape index (κ3) is 2.85. The van der Waals surface area contributed by atoms with Crippen LogP contribution in [-0.2, 0) is 10.8 Å². The number of rotatable bonds is 3. The number of fused-ring (bicyclic) bond motifs is 2. The Morgan fingerprint density at radius 2 is 0.706 bits per heavy atom. The van der Waals surface area contributed by atoms with Crippen LogP contribution in [0.4, 0.5) is 0 Å². The normalized spacial score (nSPS) is 17.6. The molecule has 0 heteroatoms. The lowest BCUT2D eigenvalue weighted by atomic mass is 9.69. The second kappa shape index (κ2) is 7.43. The molecule has 0 N–H and O–H groups in total. The van der Waals surface area contributed by atoms with Crippen molar-refractivity contribution in [3.63, 3.8) is 0 Å². The molecular weight excluding hydrogens is 408 g/mol. The van der Waals surface area contributed by atoms with Gasteiger partial charge in [-0.15, -0.1) is 0 Å². The summed E-state index contributed by atoms with van der Waals surface area (Å²) >= 11 is 0. The Kier molecular flexibility index (Phi) is 4.58. The quantitative estimate of drug-likeness (QED) is 0.300. The number of hydrogen-bond donors (Lipinski definition) is 0. The molecule has 0 spiro atoms. The van der Waals surface area contributed by atoms with Crippen LogP contribution in [-0.4, -0.2) is 0 Å². The molecule has 0 fully saturated rings. The van der Waals surface area contributed by atoms with Gasteiger partial charge in [0.1, 0.15) is 0 Å². The maximum absolute atomic E-state index is 2.41. The van der Waals surface area contributed by atoms with Gasteiger partial charge >= 0.3 is 0 Å². The molecule has 0 saturated carbocycles. The SMILES string of the molecule is CC1(C)C(C2=C(c3ccccc3)c3ccccc3C2(C)C)=C(c2ccccc2)c2ccccc21. The molecule has 0 aliphatic heterocycles. The lowest BCUT2D eigenvalue weighted by molar-refractivity contribution is 0.582. The molecule has 0 bridgehead atoms. The highest BCUT2D eigenvalue weighted by Crippen LogP contribution is 2.60. The molecule has 4 aromatic rings. The van der Waals surface area contributed by atoms with Crippen molar-refractivity contribution in [1.29, 1.82) is 0 Å². The van der Waals surface area contributed by atoms with E-state index in [1.165, 1.54) is 55.7 Å². The third-order valence-corrected chi connectivity index (χ3v) is 7.86. The van der Waals surface area contributed by atoms with Crippen LogP contribution in [0.15, 0.2) is 120 Å². The maximum atomic E-state index is 2.41. The van der Waals surface area contributed by atoms with Gasteiger partial charge in [-0.1, -0.05) is 137 Å². The summed E-state index contributed by atoms with van der Waals surface area (Å²) < 4.78 is 0. The summed E-state index contributed by atoms with van der Waals surface area (Å²) in [4.78, 5) is 0. The first-order chi connectivity index (χ1) is 16.4. The van der Waals surface area contributed by atoms with E-state index in [4.69, 9.17) is 0 Å². The zero-order valence-electron chi connectivity index (χ0n) is 20.4. The first kappa shape index (κ1) is 20.9. The van der Waals surface area contributed by atoms with Crippen molar-refractivity contribution in [3.8, 4) is 0 Å². The first-order valence-electron chi connectivity index (χ1n) is 12.2. The molecule has 2 aliphatic rings. The molecule has 0 amide bonds. The summed E-state index contributed by atoms with van der Waals surface area (Å²) in [7, 11) is 0. The number of benzene rings is 4. The van der Waals surface area contributed by atoms with E-state index in [-0.39, 0.29) is 10.8 Å². The Morgan fingerprint density at radius 1 is 0.382 bits per heavy atom. The van der Waals surface area contributed by atoms with Crippen molar-refractivity contribution in [3.05, 3.63) is 154 Å². The molecule has 0 radical (unpaired) electrons. The summed E-state index contributed by atoms with van der Waals surface area (Å²) in [5.74, 6) is 0. The zero-order valence-corrected chi connectivity index (χ0v) is 20.4. The van der Waals surface area contributed by atoms with Crippen LogP contribution in [0.5, 0.6) is 0 Å². The molecule has 0 unspecified atom stereocenters. The molecule has 0 atom stereocenters. The Bertz CT molecular complexity index is 1350. The van der Waals surface area contributed by atoms with E-state index in [1.807, 2.05) is 0 Å². The van der Waals surface area contributed by atoms with Crippen LogP contribution in [0, 0.1) is 0 Å². The van der Waals surface area contributed by atoms with Gasteiger partial charge in [-0.25, -0.2) is 0 Å². The fourth-order valence-corrected chi connectivity index (χ4v) is 6.34. The fourth-order valence-electron chi connectivity index (χ4n) is 6.34. The molecule has 0 saturated heterocycles. The van der Waals surface area contributed by atoms with Gasteiger partial charge in [-0.3, -0.25) is 0 Å². The van der Waals surface area contributed by atoms with Crippen molar-refractivity contribution >= 4 is 11.1 Å². The summed E-state index contributed by atoms with van der Waals surface area (Å²) in [5.41, 5.74) is 13.6. The van der Waals surface area contributed by atoms with Gasteiger partial charge in [0.05, 0.1) is 0 Å². The largest absolute Gasteiger partial charge is 0.0622 e. The summed E-state index contributed by atoms with van der Waals surface area (Å²) in [6, 6.07) is 39.9. The van der Waals surface area contributed by atoms with E-state index in [2.05, 4.69) is 137 Å². The van der Waals surface area contributed by atoms with Gasteiger partial charge < -0.3 is 0 Å². The second-order valence-electron chi connectivity index (χ2n) is 10.6. The Labute approximate surface area is 203 Å². The first-order valence-corrected chi connectivity index (χ1v) is 12.2. The zero-order chi connectivity index (χ0) is 23.5. The van der Waals surface area contributed by atoms with Gasteiger partial charge in [0.25, 0.3) is 0 Å². The molecule has 0 heterocycles. The van der Waals surface area contributed by atoms with Crippen molar-refractivity contribution in [2.75, 3.05) is 0 Å². The standard InChI is InChI=1S/C34H30/c1-33(2)27-21-13-11-19-25(27)29(23-15-7-5-8-16-23)31(33)32-30(24-17-9-6-10-18-24)26-20-12-14-22-28(26)34(32,3)4/h5-22H,1-4H3. The van der Waals surface area contributed by atoms with Gasteiger partial charge in [0.2, 0.25) is 0 Å². The van der Waals surface area contributed by atoms with E-state index in [1.54, 1.807) is 0 Å². The highest BCUT2D eigenvalue weighted by atomic mass is 14.5. The van der Waals surface area contributed by atoms with E-state index in [9.17, 15) is 0 Å². The van der Waals surface area contributed by atoms with E-state index < -0.39 is 0 Å². The summed E-state index contributed by atoms with van der Waals surface area (Å²) in [6.45, 7) is 9.63. The number of allylic oxidation sites excluding steroid dienone is 2. The van der Waals surface area contributed by atoms with Gasteiger partial charge in [0, 0.05) is 10.8 Å². The summed E-state index contributed by atoms with van der Waals surface area (Å²) in [5, 5.41) is 0. The highest BCUT2D eigenvalue weighted by molar-refractivity contribution is 6.00. The molecule has 6 rings (SSSR count). The molecule has 166 valence electrons. The second-order valence-corrected chi connectivity index (χ2v) is 10.6. The highest BCUT2D eigenvalue weighted by Gasteiger charge is 2.48. The topological polar surface area (TPSA) is 0 Å². The minimum Gasteiger partial charge on any atom is -0.0622 e. The predicted molar refractivity (Wildman–Crippen MR) is 144 cm³/mol. The van der Waals surface area contributed by atoms with Crippen molar-refractivity contribution < 1.29 is 0 Å². The lowest BCUT2D eigenvalue weighted by Gasteiger charge is -2.34. The molecular formula is C34H30. The molecule has 4 aromatic carbocycles. The van der Waals surface area contributed by atoms with E-state index >= 15 is 0 Å². The maximum Gasteiger partial charge on any atom is 0.0162 e. The lowest BCUT2D eigenvalue weighted by Crippen LogP contribution is -2.27. The van der Waals surface area contributed by atoms with Crippen molar-refractivity contribution in [2.24, 2.45) is 0 Å². The average Bonchev–Trinajstić information content (AvgIpc) is 3.24. The van der Waals surface area contributed by atoms with Crippen molar-refractivity contribution in [2.45, 2.75) is 38.5 Å². The van der Waals surface area contributed by atoms with Crippen LogP contribution in [0.2, 0.25) is 0 Å². The third-order valence-electron chi connectivity index (χ3n) is 7.86. The van der Waals surface area contributed by atoms with Gasteiger partial charge in [0.15, 0.2) is 0 Å².